The highest BCUT2D eigenvalue weighted by Gasteiger charge is 2.25. The number of nitrogens with one attached hydrogen (secondary N) is 1. The number of nitro benzene ring substituents is 1. The molecule has 1 heterocycles. The minimum Gasteiger partial charge on any atom is -0.329 e. The van der Waals surface area contributed by atoms with E-state index in [0.29, 0.717) is 24.3 Å². The summed E-state index contributed by atoms with van der Waals surface area (Å²) >= 11 is 0. The SMILES string of the molecule is CCCN(CC(=O)Nc1cc(C(C)(C)C)nn1-c1cccc(C)c1C)C(=O)c1ccc(C)c([N+](=O)[O-])c1. The normalized spacial score (nSPS) is 11.3. The van der Waals surface area contributed by atoms with E-state index in [1.165, 1.54) is 11.0 Å². The van der Waals surface area contributed by atoms with Crippen molar-refractivity contribution in [1.82, 2.24) is 14.7 Å². The molecule has 0 spiro atoms. The first-order chi connectivity index (χ1) is 17.3. The molecule has 0 saturated heterocycles. The summed E-state index contributed by atoms with van der Waals surface area (Å²) in [5.74, 6) is -0.299. The third-order valence-electron chi connectivity index (χ3n) is 6.32. The molecule has 0 unspecified atom stereocenters. The summed E-state index contributed by atoms with van der Waals surface area (Å²) in [6.45, 7) is 13.8. The lowest BCUT2D eigenvalue weighted by molar-refractivity contribution is -0.385. The van der Waals surface area contributed by atoms with Crippen LogP contribution in [-0.2, 0) is 10.2 Å². The Bertz CT molecular complexity index is 1340. The van der Waals surface area contributed by atoms with Crippen LogP contribution in [0.3, 0.4) is 0 Å². The van der Waals surface area contributed by atoms with Crippen LogP contribution in [0.15, 0.2) is 42.5 Å². The fourth-order valence-corrected chi connectivity index (χ4v) is 3.99. The Morgan fingerprint density at radius 3 is 2.41 bits per heavy atom. The highest BCUT2D eigenvalue weighted by atomic mass is 16.6. The number of benzene rings is 2. The molecule has 1 aromatic heterocycles. The van der Waals surface area contributed by atoms with Crippen LogP contribution >= 0.6 is 0 Å². The zero-order chi connectivity index (χ0) is 27.5. The fourth-order valence-electron chi connectivity index (χ4n) is 3.99. The maximum atomic E-state index is 13.2. The number of carbonyl (C=O) groups excluding carboxylic acids is 2. The monoisotopic (exact) mass is 505 g/mol. The molecule has 0 fully saturated rings. The summed E-state index contributed by atoms with van der Waals surface area (Å²) in [7, 11) is 0. The number of aromatic nitrogens is 2. The first-order valence-electron chi connectivity index (χ1n) is 12.3. The average Bonchev–Trinajstić information content (AvgIpc) is 3.24. The van der Waals surface area contributed by atoms with Gasteiger partial charge < -0.3 is 10.2 Å². The van der Waals surface area contributed by atoms with Crippen LogP contribution in [0.4, 0.5) is 11.5 Å². The lowest BCUT2D eigenvalue weighted by Crippen LogP contribution is -2.38. The van der Waals surface area contributed by atoms with Crippen molar-refractivity contribution in [2.75, 3.05) is 18.4 Å². The van der Waals surface area contributed by atoms with Crippen molar-refractivity contribution in [3.8, 4) is 5.69 Å². The number of carbonyl (C=O) groups is 2. The third kappa shape index (κ3) is 6.22. The topological polar surface area (TPSA) is 110 Å². The van der Waals surface area contributed by atoms with E-state index in [1.54, 1.807) is 23.7 Å². The molecule has 1 N–H and O–H groups in total. The molecule has 2 amide bonds. The van der Waals surface area contributed by atoms with Crippen molar-refractivity contribution in [3.05, 3.63) is 80.5 Å². The fraction of sp³-hybridized carbons (Fsp3) is 0.393. The third-order valence-corrected chi connectivity index (χ3v) is 6.32. The molecule has 0 aliphatic rings. The minimum absolute atomic E-state index is 0.126. The van der Waals surface area contributed by atoms with Gasteiger partial charge in [0, 0.05) is 35.2 Å². The van der Waals surface area contributed by atoms with Crippen molar-refractivity contribution in [2.24, 2.45) is 0 Å². The van der Waals surface area contributed by atoms with Crippen molar-refractivity contribution < 1.29 is 14.5 Å². The number of amides is 2. The van der Waals surface area contributed by atoms with E-state index < -0.39 is 10.8 Å². The Morgan fingerprint density at radius 2 is 1.78 bits per heavy atom. The van der Waals surface area contributed by atoms with Gasteiger partial charge in [-0.05, 0) is 50.5 Å². The molecule has 0 saturated carbocycles. The van der Waals surface area contributed by atoms with Gasteiger partial charge in [-0.3, -0.25) is 19.7 Å². The number of hydrogen-bond acceptors (Lipinski definition) is 5. The summed E-state index contributed by atoms with van der Waals surface area (Å²) in [6, 6.07) is 12.1. The maximum Gasteiger partial charge on any atom is 0.273 e. The lowest BCUT2D eigenvalue weighted by Gasteiger charge is -2.22. The summed E-state index contributed by atoms with van der Waals surface area (Å²) in [5.41, 5.74) is 4.10. The molecular formula is C28H35N5O4. The van der Waals surface area contributed by atoms with Crippen LogP contribution in [0, 0.1) is 30.9 Å². The Morgan fingerprint density at radius 1 is 1.08 bits per heavy atom. The standard InChI is InChI=1S/C28H35N5O4/c1-8-14-31(27(35)21-13-12-19(3)23(15-21)33(36)37)17-26(34)29-25-16-24(28(5,6)7)30-32(25)22-11-9-10-18(2)20(22)4/h9-13,15-16H,8,14,17H2,1-7H3,(H,29,34). The second kappa shape index (κ2) is 10.9. The van der Waals surface area contributed by atoms with Crippen LogP contribution in [0.1, 0.15) is 66.9 Å². The largest absolute Gasteiger partial charge is 0.329 e. The Balaban J connectivity index is 1.91. The van der Waals surface area contributed by atoms with Crippen LogP contribution in [0.5, 0.6) is 0 Å². The molecular weight excluding hydrogens is 470 g/mol. The van der Waals surface area contributed by atoms with E-state index >= 15 is 0 Å². The van der Waals surface area contributed by atoms with E-state index in [4.69, 9.17) is 5.10 Å². The number of aryl methyl sites for hydroxylation is 2. The van der Waals surface area contributed by atoms with Gasteiger partial charge in [0.05, 0.1) is 16.3 Å². The highest BCUT2D eigenvalue weighted by molar-refractivity contribution is 5.99. The number of anilines is 1. The number of rotatable bonds is 8. The molecule has 0 aliphatic heterocycles. The van der Waals surface area contributed by atoms with Gasteiger partial charge in [0.1, 0.15) is 12.4 Å². The predicted octanol–water partition coefficient (Wildman–Crippen LogP) is 5.49. The van der Waals surface area contributed by atoms with Crippen molar-refractivity contribution >= 4 is 23.3 Å². The second-order valence-electron chi connectivity index (χ2n) is 10.3. The zero-order valence-corrected chi connectivity index (χ0v) is 22.6. The van der Waals surface area contributed by atoms with Gasteiger partial charge in [0.2, 0.25) is 5.91 Å². The summed E-state index contributed by atoms with van der Waals surface area (Å²) in [6.07, 6.45) is 0.627. The molecule has 3 rings (SSSR count). The van der Waals surface area contributed by atoms with Gasteiger partial charge in [-0.2, -0.15) is 5.10 Å². The number of nitro groups is 1. The smallest absolute Gasteiger partial charge is 0.273 e. The highest BCUT2D eigenvalue weighted by Crippen LogP contribution is 2.28. The first kappa shape index (κ1) is 27.6. The molecule has 2 aromatic carbocycles. The van der Waals surface area contributed by atoms with Gasteiger partial charge in [-0.25, -0.2) is 4.68 Å². The molecule has 3 aromatic rings. The van der Waals surface area contributed by atoms with Crippen molar-refractivity contribution in [2.45, 2.75) is 60.3 Å². The summed E-state index contributed by atoms with van der Waals surface area (Å²) < 4.78 is 1.73. The van der Waals surface area contributed by atoms with Crippen LogP contribution in [0.2, 0.25) is 0 Å². The maximum absolute atomic E-state index is 13.2. The van der Waals surface area contributed by atoms with Gasteiger partial charge in [0.25, 0.3) is 11.6 Å². The number of hydrogen-bond donors (Lipinski definition) is 1. The van der Waals surface area contributed by atoms with E-state index in [0.717, 1.165) is 22.5 Å². The quantitative estimate of drug-likeness (QED) is 0.321. The minimum atomic E-state index is -0.510. The molecule has 0 atom stereocenters. The van der Waals surface area contributed by atoms with Crippen LogP contribution in [0.25, 0.3) is 5.69 Å². The first-order valence-corrected chi connectivity index (χ1v) is 12.3. The molecule has 0 aliphatic carbocycles. The lowest BCUT2D eigenvalue weighted by atomic mass is 9.92. The predicted molar refractivity (Wildman–Crippen MR) is 144 cm³/mol. The Labute approximate surface area is 217 Å². The molecule has 196 valence electrons. The second-order valence-corrected chi connectivity index (χ2v) is 10.3. The van der Waals surface area contributed by atoms with Gasteiger partial charge in [0.15, 0.2) is 0 Å². The van der Waals surface area contributed by atoms with E-state index in [9.17, 15) is 19.7 Å². The average molecular weight is 506 g/mol. The summed E-state index contributed by atoms with van der Waals surface area (Å²) in [4.78, 5) is 38.7. The van der Waals surface area contributed by atoms with E-state index in [1.807, 2.05) is 45.0 Å². The van der Waals surface area contributed by atoms with Gasteiger partial charge >= 0.3 is 0 Å². The molecule has 0 radical (unpaired) electrons. The zero-order valence-electron chi connectivity index (χ0n) is 22.6. The Hall–Kier alpha value is -4.01. The number of nitrogens with zero attached hydrogens (tertiary/aromatic N) is 4. The van der Waals surface area contributed by atoms with Gasteiger partial charge in [-0.1, -0.05) is 45.9 Å². The molecule has 9 nitrogen and oxygen atoms in total. The molecule has 9 heteroatoms. The summed E-state index contributed by atoms with van der Waals surface area (Å²) in [5, 5.41) is 19.1. The van der Waals surface area contributed by atoms with E-state index in [2.05, 4.69) is 26.1 Å². The van der Waals surface area contributed by atoms with Crippen molar-refractivity contribution in [3.63, 3.8) is 0 Å². The van der Waals surface area contributed by atoms with Gasteiger partial charge in [-0.15, -0.1) is 0 Å². The van der Waals surface area contributed by atoms with Crippen molar-refractivity contribution in [1.29, 1.82) is 0 Å². The molecule has 0 bridgehead atoms. The Kier molecular flexibility index (Phi) is 8.15. The van der Waals surface area contributed by atoms with Crippen LogP contribution < -0.4 is 5.32 Å². The van der Waals surface area contributed by atoms with Crippen LogP contribution in [-0.4, -0.2) is 44.5 Å². The van der Waals surface area contributed by atoms with E-state index in [-0.39, 0.29) is 29.1 Å². The molecule has 37 heavy (non-hydrogen) atoms.